The van der Waals surface area contributed by atoms with Gasteiger partial charge < -0.3 is 15.0 Å². The van der Waals surface area contributed by atoms with Crippen LogP contribution in [0.15, 0.2) is 48.5 Å². The molecule has 0 heterocycles. The molecule has 0 spiro atoms. The van der Waals surface area contributed by atoms with E-state index in [4.69, 9.17) is 4.74 Å². The summed E-state index contributed by atoms with van der Waals surface area (Å²) in [6, 6.07) is 13.5. The van der Waals surface area contributed by atoms with Crippen LogP contribution < -0.4 is 14.4 Å². The molecule has 0 saturated heterocycles. The summed E-state index contributed by atoms with van der Waals surface area (Å²) < 4.78 is 31.8. The molecule has 0 bridgehead atoms. The summed E-state index contributed by atoms with van der Waals surface area (Å²) in [5.74, 6) is -0.448. The number of para-hydroxylation sites is 2. The number of aryl methyl sites for hydroxylation is 1. The Hall–Kier alpha value is -3.07. The van der Waals surface area contributed by atoms with Gasteiger partial charge in [-0.2, -0.15) is 0 Å². The second-order valence-corrected chi connectivity index (χ2v) is 11.5. The molecule has 35 heavy (non-hydrogen) atoms. The van der Waals surface area contributed by atoms with Gasteiger partial charge in [-0.15, -0.1) is 0 Å². The Kier molecular flexibility index (Phi) is 9.31. The summed E-state index contributed by atoms with van der Waals surface area (Å²) in [6.07, 6.45) is 1.41. The molecular formula is C26H37N3O5S. The second-order valence-electron chi connectivity index (χ2n) is 9.62. The molecule has 0 aromatic heterocycles. The van der Waals surface area contributed by atoms with Gasteiger partial charge in [0.25, 0.3) is 0 Å². The van der Waals surface area contributed by atoms with Crippen molar-refractivity contribution in [3.8, 4) is 5.75 Å². The second kappa shape index (κ2) is 11.6. The van der Waals surface area contributed by atoms with E-state index in [0.29, 0.717) is 12.2 Å². The van der Waals surface area contributed by atoms with E-state index in [2.05, 4.69) is 5.32 Å². The maximum atomic E-state index is 13.7. The van der Waals surface area contributed by atoms with Crippen molar-refractivity contribution in [2.75, 3.05) is 24.2 Å². The van der Waals surface area contributed by atoms with E-state index in [9.17, 15) is 18.0 Å². The van der Waals surface area contributed by atoms with E-state index in [-0.39, 0.29) is 18.1 Å². The maximum absolute atomic E-state index is 13.7. The van der Waals surface area contributed by atoms with Gasteiger partial charge in [-0.05, 0) is 51.8 Å². The van der Waals surface area contributed by atoms with Crippen LogP contribution in [0.5, 0.6) is 5.75 Å². The number of ether oxygens (including phenoxy) is 1. The first-order valence-electron chi connectivity index (χ1n) is 11.5. The van der Waals surface area contributed by atoms with Gasteiger partial charge in [0.05, 0.1) is 19.1 Å². The van der Waals surface area contributed by atoms with Crippen LogP contribution in [0, 0.1) is 6.92 Å². The van der Waals surface area contributed by atoms with Crippen LogP contribution in [0.3, 0.4) is 0 Å². The van der Waals surface area contributed by atoms with Crippen LogP contribution in [0.1, 0.15) is 45.2 Å². The highest BCUT2D eigenvalue weighted by molar-refractivity contribution is 7.92. The summed E-state index contributed by atoms with van der Waals surface area (Å²) in [7, 11) is -2.40. The van der Waals surface area contributed by atoms with Crippen LogP contribution >= 0.6 is 0 Å². The number of sulfonamides is 1. The number of nitrogens with one attached hydrogen (secondary N) is 1. The molecule has 1 atom stereocenters. The molecular weight excluding hydrogens is 466 g/mol. The molecule has 0 saturated carbocycles. The van der Waals surface area contributed by atoms with Crippen molar-refractivity contribution < 1.29 is 22.7 Å². The van der Waals surface area contributed by atoms with Crippen LogP contribution in [0.25, 0.3) is 0 Å². The van der Waals surface area contributed by atoms with Crippen molar-refractivity contribution in [2.24, 2.45) is 0 Å². The van der Waals surface area contributed by atoms with Crippen molar-refractivity contribution in [3.05, 3.63) is 59.7 Å². The van der Waals surface area contributed by atoms with E-state index in [1.807, 2.05) is 58.9 Å². The lowest BCUT2D eigenvalue weighted by atomic mass is 10.0. The average Bonchev–Trinajstić information content (AvgIpc) is 2.75. The molecule has 0 aliphatic carbocycles. The number of hydrogen-bond acceptors (Lipinski definition) is 5. The average molecular weight is 504 g/mol. The Labute approximate surface area is 209 Å². The molecule has 0 fully saturated rings. The number of benzene rings is 2. The Bertz CT molecular complexity index is 1140. The molecule has 9 heteroatoms. The van der Waals surface area contributed by atoms with Gasteiger partial charge in [0.15, 0.2) is 0 Å². The van der Waals surface area contributed by atoms with Gasteiger partial charge in [0.2, 0.25) is 21.8 Å². The molecule has 2 aromatic rings. The van der Waals surface area contributed by atoms with Crippen LogP contribution in [-0.4, -0.2) is 56.6 Å². The van der Waals surface area contributed by atoms with Crippen LogP contribution in [0.2, 0.25) is 0 Å². The fourth-order valence-corrected chi connectivity index (χ4v) is 4.66. The van der Waals surface area contributed by atoms with E-state index in [0.717, 1.165) is 21.7 Å². The van der Waals surface area contributed by atoms with Gasteiger partial charge in [-0.1, -0.05) is 48.9 Å². The third kappa shape index (κ3) is 7.99. The first kappa shape index (κ1) is 28.2. The quantitative estimate of drug-likeness (QED) is 0.535. The SMILES string of the molecule is CCC(C(=O)NC(C)(C)C)N(Cc1cccc(C)c1)C(=O)CN(c1ccccc1OC)S(C)(=O)=O. The van der Waals surface area contributed by atoms with Crippen molar-refractivity contribution in [1.82, 2.24) is 10.2 Å². The van der Waals surface area contributed by atoms with Crippen molar-refractivity contribution in [3.63, 3.8) is 0 Å². The van der Waals surface area contributed by atoms with E-state index < -0.39 is 34.1 Å². The standard InChI is InChI=1S/C26H37N3O5S/c1-8-21(25(31)27-26(3,4)5)28(17-20-13-11-12-19(2)16-20)24(30)18-29(35(7,32)33)22-14-9-10-15-23(22)34-6/h9-16,21H,8,17-18H2,1-7H3,(H,27,31). The van der Waals surface area contributed by atoms with Crippen LogP contribution in [0.4, 0.5) is 5.69 Å². The Morgan fingerprint density at radius 2 is 1.74 bits per heavy atom. The third-order valence-corrected chi connectivity index (χ3v) is 6.48. The highest BCUT2D eigenvalue weighted by Gasteiger charge is 2.33. The number of hydrogen-bond donors (Lipinski definition) is 1. The van der Waals surface area contributed by atoms with Crippen LogP contribution in [-0.2, 0) is 26.2 Å². The third-order valence-electron chi connectivity index (χ3n) is 5.35. The fourth-order valence-electron chi connectivity index (χ4n) is 3.81. The molecule has 8 nitrogen and oxygen atoms in total. The predicted octanol–water partition coefficient (Wildman–Crippen LogP) is 3.49. The van der Waals surface area contributed by atoms with Crippen molar-refractivity contribution in [2.45, 2.75) is 59.2 Å². The summed E-state index contributed by atoms with van der Waals surface area (Å²) in [4.78, 5) is 28.4. The molecule has 1 unspecified atom stereocenters. The van der Waals surface area contributed by atoms with E-state index in [1.54, 1.807) is 24.3 Å². The van der Waals surface area contributed by atoms with Crippen molar-refractivity contribution >= 4 is 27.5 Å². The Morgan fingerprint density at radius 1 is 1.09 bits per heavy atom. The molecule has 192 valence electrons. The minimum absolute atomic E-state index is 0.167. The first-order chi connectivity index (χ1) is 16.3. The van der Waals surface area contributed by atoms with Gasteiger partial charge in [-0.25, -0.2) is 8.42 Å². The van der Waals surface area contributed by atoms with Crippen molar-refractivity contribution in [1.29, 1.82) is 0 Å². The summed E-state index contributed by atoms with van der Waals surface area (Å²) in [5.41, 5.74) is 1.64. The first-order valence-corrected chi connectivity index (χ1v) is 13.4. The summed E-state index contributed by atoms with van der Waals surface area (Å²) in [6.45, 7) is 9.10. The number of anilines is 1. The monoisotopic (exact) mass is 503 g/mol. The summed E-state index contributed by atoms with van der Waals surface area (Å²) >= 11 is 0. The number of carbonyl (C=O) groups excluding carboxylic acids is 2. The molecule has 2 rings (SSSR count). The minimum Gasteiger partial charge on any atom is -0.495 e. The zero-order valence-corrected chi connectivity index (χ0v) is 22.5. The number of amides is 2. The Morgan fingerprint density at radius 3 is 2.29 bits per heavy atom. The fraction of sp³-hybridized carbons (Fsp3) is 0.462. The lowest BCUT2D eigenvalue weighted by Crippen LogP contribution is -2.55. The van der Waals surface area contributed by atoms with E-state index >= 15 is 0 Å². The molecule has 0 radical (unpaired) electrons. The molecule has 0 aliphatic heterocycles. The number of nitrogens with zero attached hydrogens (tertiary/aromatic N) is 2. The van der Waals surface area contributed by atoms with Gasteiger partial charge in [0.1, 0.15) is 18.3 Å². The van der Waals surface area contributed by atoms with Gasteiger partial charge in [-0.3, -0.25) is 13.9 Å². The zero-order valence-electron chi connectivity index (χ0n) is 21.7. The molecule has 1 N–H and O–H groups in total. The molecule has 2 aromatic carbocycles. The Balaban J connectivity index is 2.50. The number of methoxy groups -OCH3 is 1. The summed E-state index contributed by atoms with van der Waals surface area (Å²) in [5, 5.41) is 2.95. The zero-order chi connectivity index (χ0) is 26.4. The smallest absolute Gasteiger partial charge is 0.244 e. The van der Waals surface area contributed by atoms with E-state index in [1.165, 1.54) is 12.0 Å². The topological polar surface area (TPSA) is 96.0 Å². The highest BCUT2D eigenvalue weighted by atomic mass is 32.2. The number of rotatable bonds is 10. The minimum atomic E-state index is -3.83. The molecule has 2 amide bonds. The molecule has 0 aliphatic rings. The normalized spacial score (nSPS) is 12.5. The maximum Gasteiger partial charge on any atom is 0.244 e. The highest BCUT2D eigenvalue weighted by Crippen LogP contribution is 2.29. The van der Waals surface area contributed by atoms with Gasteiger partial charge in [0, 0.05) is 12.1 Å². The largest absolute Gasteiger partial charge is 0.495 e. The van der Waals surface area contributed by atoms with Gasteiger partial charge >= 0.3 is 0 Å². The number of carbonyl (C=O) groups is 2. The lowest BCUT2D eigenvalue weighted by Gasteiger charge is -2.34. The lowest BCUT2D eigenvalue weighted by molar-refractivity contribution is -0.141. The predicted molar refractivity (Wildman–Crippen MR) is 139 cm³/mol.